The topological polar surface area (TPSA) is 9.23 Å². The van der Waals surface area contributed by atoms with E-state index in [-0.39, 0.29) is 0 Å². The number of para-hydroxylation sites is 1. The summed E-state index contributed by atoms with van der Waals surface area (Å²) in [5.41, 5.74) is 1.37. The zero-order valence-electron chi connectivity index (χ0n) is 8.70. The Bertz CT molecular complexity index is 260. The number of aryl methyl sites for hydroxylation is 1. The van der Waals surface area contributed by atoms with Gasteiger partial charge >= 0.3 is 103 Å². The quantitative estimate of drug-likeness (QED) is 0.539. The molecule has 0 aromatic heterocycles. The molecule has 1 aromatic rings. The van der Waals surface area contributed by atoms with Crippen LogP contribution < -0.4 is 2.81 Å². The van der Waals surface area contributed by atoms with Crippen molar-refractivity contribution in [2.24, 2.45) is 0 Å². The van der Waals surface area contributed by atoms with Crippen molar-refractivity contribution in [2.75, 3.05) is 0 Å². The third kappa shape index (κ3) is 3.96. The molecule has 0 saturated carbocycles. The van der Waals surface area contributed by atoms with Gasteiger partial charge < -0.3 is 0 Å². The van der Waals surface area contributed by atoms with E-state index in [2.05, 4.69) is 25.1 Å². The van der Waals surface area contributed by atoms with Crippen LogP contribution >= 0.6 is 0 Å². The van der Waals surface area contributed by atoms with Gasteiger partial charge in [-0.25, -0.2) is 0 Å². The van der Waals surface area contributed by atoms with Crippen LogP contribution in [-0.4, -0.2) is 25.2 Å². The summed E-state index contributed by atoms with van der Waals surface area (Å²) in [6, 6.07) is 8.37. The van der Waals surface area contributed by atoms with E-state index in [0.717, 1.165) is 37.3 Å². The van der Waals surface area contributed by atoms with Crippen molar-refractivity contribution >= 4 is 25.2 Å². The van der Waals surface area contributed by atoms with Crippen LogP contribution in [0.15, 0.2) is 24.3 Å². The summed E-state index contributed by atoms with van der Waals surface area (Å²) in [5, 5.41) is 0. The van der Waals surface area contributed by atoms with Crippen LogP contribution in [0.2, 0.25) is 0 Å². The number of unbranched alkanes of at least 4 members (excludes halogenated alkanes) is 3. The molecular formula is C12H17BiO. The second-order valence-corrected chi connectivity index (χ2v) is 4.22. The van der Waals surface area contributed by atoms with E-state index in [1.807, 2.05) is 6.07 Å². The van der Waals surface area contributed by atoms with Crippen molar-refractivity contribution in [1.29, 1.82) is 0 Å². The van der Waals surface area contributed by atoms with Crippen molar-refractivity contribution < 1.29 is 2.81 Å². The average Bonchev–Trinajstić information content (AvgIpc) is 2.25. The predicted molar refractivity (Wildman–Crippen MR) is 60.7 cm³/mol. The van der Waals surface area contributed by atoms with Crippen molar-refractivity contribution in [1.82, 2.24) is 0 Å². The third-order valence-corrected chi connectivity index (χ3v) is 3.14. The summed E-state index contributed by atoms with van der Waals surface area (Å²) in [5.74, 6) is 1.08. The minimum atomic E-state index is 0.976. The van der Waals surface area contributed by atoms with Crippen molar-refractivity contribution in [3.63, 3.8) is 0 Å². The molecule has 0 bridgehead atoms. The standard InChI is InChI=1S/C12H18O.Bi/c1-2-3-4-5-8-11-9-6-7-10-12(11)13;/h6-7,9-10,13H,2-5,8H2,1H3;/q;+1/p-1. The van der Waals surface area contributed by atoms with Crippen LogP contribution in [0.25, 0.3) is 0 Å². The Morgan fingerprint density at radius 2 is 1.93 bits per heavy atom. The molecule has 0 amide bonds. The van der Waals surface area contributed by atoms with E-state index in [1.165, 1.54) is 31.2 Å². The molecule has 2 radical (unpaired) electrons. The predicted octanol–water partition coefficient (Wildman–Crippen LogP) is 3.27. The first kappa shape index (κ1) is 12.0. The number of rotatable bonds is 6. The molecule has 1 nitrogen and oxygen atoms in total. The molecule has 0 fully saturated rings. The first-order valence-corrected chi connectivity index (χ1v) is 6.69. The Kier molecular flexibility index (Phi) is 6.18. The molecule has 1 aromatic carbocycles. The van der Waals surface area contributed by atoms with E-state index in [9.17, 15) is 0 Å². The van der Waals surface area contributed by atoms with Gasteiger partial charge in [0.05, 0.1) is 0 Å². The molecule has 0 N–H and O–H groups in total. The Balaban J connectivity index is 2.41. The van der Waals surface area contributed by atoms with E-state index in [4.69, 9.17) is 2.81 Å². The van der Waals surface area contributed by atoms with Gasteiger partial charge in [0, 0.05) is 0 Å². The third-order valence-electron chi connectivity index (χ3n) is 2.37. The molecule has 0 aliphatic carbocycles. The van der Waals surface area contributed by atoms with Crippen LogP contribution in [0.1, 0.15) is 38.2 Å². The van der Waals surface area contributed by atoms with Gasteiger partial charge in [-0.05, 0) is 0 Å². The van der Waals surface area contributed by atoms with Gasteiger partial charge in [0.25, 0.3) is 0 Å². The summed E-state index contributed by atoms with van der Waals surface area (Å²) in [6.45, 7) is 2.24. The van der Waals surface area contributed by atoms with Crippen molar-refractivity contribution in [2.45, 2.75) is 39.0 Å². The summed E-state index contributed by atoms with van der Waals surface area (Å²) < 4.78 is 5.41. The first-order valence-electron chi connectivity index (χ1n) is 5.27. The molecule has 0 heterocycles. The fraction of sp³-hybridized carbons (Fsp3) is 0.500. The van der Waals surface area contributed by atoms with Crippen LogP contribution in [-0.2, 0) is 6.42 Å². The monoisotopic (exact) mass is 386 g/mol. The second-order valence-electron chi connectivity index (χ2n) is 3.51. The fourth-order valence-corrected chi connectivity index (χ4v) is 2.23. The Morgan fingerprint density at radius 3 is 2.64 bits per heavy atom. The van der Waals surface area contributed by atoms with Crippen LogP contribution in [0.4, 0.5) is 0 Å². The average molecular weight is 386 g/mol. The first-order chi connectivity index (χ1) is 6.88. The van der Waals surface area contributed by atoms with Gasteiger partial charge in [0.15, 0.2) is 0 Å². The maximum absolute atomic E-state index is 5.41. The minimum absolute atomic E-state index is 0.976. The molecule has 0 saturated heterocycles. The fourth-order valence-electron chi connectivity index (χ4n) is 1.54. The Hall–Kier alpha value is -0.0969. The van der Waals surface area contributed by atoms with Gasteiger partial charge in [-0.15, -0.1) is 0 Å². The zero-order chi connectivity index (χ0) is 10.2. The maximum atomic E-state index is 5.41. The van der Waals surface area contributed by atoms with Crippen LogP contribution in [0.5, 0.6) is 5.75 Å². The Labute approximate surface area is 102 Å². The number of benzene rings is 1. The van der Waals surface area contributed by atoms with E-state index in [1.54, 1.807) is 0 Å². The molecule has 14 heavy (non-hydrogen) atoms. The normalized spacial score (nSPS) is 10.1. The molecular weight excluding hydrogens is 369 g/mol. The van der Waals surface area contributed by atoms with E-state index < -0.39 is 0 Å². The zero-order valence-corrected chi connectivity index (χ0v) is 12.2. The molecule has 0 atom stereocenters. The van der Waals surface area contributed by atoms with Gasteiger partial charge in [0.1, 0.15) is 0 Å². The van der Waals surface area contributed by atoms with E-state index in [0.29, 0.717) is 0 Å². The molecule has 1 rings (SSSR count). The van der Waals surface area contributed by atoms with Crippen molar-refractivity contribution in [3.8, 4) is 5.75 Å². The molecule has 76 valence electrons. The van der Waals surface area contributed by atoms with Crippen LogP contribution in [0.3, 0.4) is 0 Å². The van der Waals surface area contributed by atoms with Gasteiger partial charge in [0.2, 0.25) is 0 Å². The molecule has 2 heteroatoms. The summed E-state index contributed by atoms with van der Waals surface area (Å²) in [6.07, 6.45) is 6.43. The van der Waals surface area contributed by atoms with Crippen molar-refractivity contribution in [3.05, 3.63) is 29.8 Å². The van der Waals surface area contributed by atoms with E-state index >= 15 is 0 Å². The van der Waals surface area contributed by atoms with Crippen LogP contribution in [0, 0.1) is 0 Å². The Morgan fingerprint density at radius 1 is 1.14 bits per heavy atom. The molecule has 0 spiro atoms. The number of hydrogen-bond acceptors (Lipinski definition) is 1. The summed E-state index contributed by atoms with van der Waals surface area (Å²) >= 11 is 0.976. The summed E-state index contributed by atoms with van der Waals surface area (Å²) in [7, 11) is 0. The van der Waals surface area contributed by atoms with Gasteiger partial charge in [-0.2, -0.15) is 0 Å². The van der Waals surface area contributed by atoms with Gasteiger partial charge in [-0.1, -0.05) is 0 Å². The molecule has 0 unspecified atom stereocenters. The number of hydrogen-bond donors (Lipinski definition) is 0. The van der Waals surface area contributed by atoms with Gasteiger partial charge in [-0.3, -0.25) is 0 Å². The molecule has 0 aliphatic heterocycles. The molecule has 0 aliphatic rings. The second kappa shape index (κ2) is 7.23. The SMILES string of the molecule is CCCCCCc1ccccc1[O][Bi]. The summed E-state index contributed by atoms with van der Waals surface area (Å²) in [4.78, 5) is 0.